The molecule has 0 spiro atoms. The van der Waals surface area contributed by atoms with Gasteiger partial charge in [-0.2, -0.15) is 5.10 Å². The van der Waals surface area contributed by atoms with E-state index in [2.05, 4.69) is 58.8 Å². The van der Waals surface area contributed by atoms with Crippen LogP contribution >= 0.6 is 11.6 Å². The number of rotatable bonds is 21. The molecule has 0 unspecified atom stereocenters. The molecule has 3 amide bonds. The molecule has 0 atom stereocenters. The zero-order valence-electron chi connectivity index (χ0n) is 29.0. The van der Waals surface area contributed by atoms with Gasteiger partial charge in [0.05, 0.1) is 5.69 Å². The van der Waals surface area contributed by atoms with E-state index in [1.54, 1.807) is 0 Å². The second-order valence-corrected chi connectivity index (χ2v) is 14.1. The lowest BCUT2D eigenvalue weighted by molar-refractivity contribution is -0.121. The molecular weight excluding hydrogens is 598 g/mol. The number of benzene rings is 1. The molecule has 0 fully saturated rings. The number of urea groups is 1. The van der Waals surface area contributed by atoms with Crippen LogP contribution in [0.25, 0.3) is 17.0 Å². The average molecular weight is 656 g/mol. The van der Waals surface area contributed by atoms with E-state index >= 15 is 0 Å². The highest BCUT2D eigenvalue weighted by Gasteiger charge is 2.25. The number of nitrogens with one attached hydrogen (secondary N) is 4. The van der Waals surface area contributed by atoms with Gasteiger partial charge in [0.1, 0.15) is 5.02 Å². The van der Waals surface area contributed by atoms with Crippen molar-refractivity contribution in [2.24, 2.45) is 0 Å². The molecule has 4 N–H and O–H groups in total. The largest absolute Gasteiger partial charge is 0.354 e. The van der Waals surface area contributed by atoms with Crippen molar-refractivity contribution in [2.45, 2.75) is 143 Å². The normalized spacial score (nSPS) is 11.7. The standard InChI is InChI=1S/C36H58ClN7O2/c1-6-7-8-9-10-11-12-13-14-15-16-17-18-19-20-21-30(45)38-24-25-39-35(46)40-28-22-23-29(27(2)26-28)33-41-34-31(37)32(36(3,4)5)42-44(34)43-33/h22-23,26H,6-21,24-25H2,1-5H3,(H,38,45)(H,41,43)(H2,39,40,46). The topological polar surface area (TPSA) is 116 Å². The number of aromatic nitrogens is 4. The van der Waals surface area contributed by atoms with E-state index in [-0.39, 0.29) is 17.4 Å². The van der Waals surface area contributed by atoms with Gasteiger partial charge in [0.2, 0.25) is 5.91 Å². The van der Waals surface area contributed by atoms with Crippen LogP contribution in [0.1, 0.15) is 142 Å². The van der Waals surface area contributed by atoms with Crippen molar-refractivity contribution in [3.05, 3.63) is 34.5 Å². The minimum atomic E-state index is -0.318. The second kappa shape index (κ2) is 19.6. The van der Waals surface area contributed by atoms with Gasteiger partial charge >= 0.3 is 6.03 Å². The first kappa shape index (κ1) is 37.4. The summed E-state index contributed by atoms with van der Waals surface area (Å²) >= 11 is 6.57. The SMILES string of the molecule is CCCCCCCCCCCCCCCCCC(=O)NCCNC(=O)Nc1ccc(-c2nn3nc(C(C)(C)C)c(Cl)c3[nH]2)c(C)c1. The van der Waals surface area contributed by atoms with Crippen LogP contribution < -0.4 is 16.0 Å². The molecule has 46 heavy (non-hydrogen) atoms. The van der Waals surface area contributed by atoms with Crippen molar-refractivity contribution in [3.63, 3.8) is 0 Å². The summed E-state index contributed by atoms with van der Waals surface area (Å²) in [5.74, 6) is 0.697. The maximum Gasteiger partial charge on any atom is 0.319 e. The van der Waals surface area contributed by atoms with E-state index in [0.29, 0.717) is 41.7 Å². The van der Waals surface area contributed by atoms with E-state index in [0.717, 1.165) is 29.7 Å². The summed E-state index contributed by atoms with van der Waals surface area (Å²) in [5.41, 5.74) is 3.76. The molecule has 0 aliphatic heterocycles. The lowest BCUT2D eigenvalue weighted by Gasteiger charge is -2.14. The number of anilines is 1. The van der Waals surface area contributed by atoms with Crippen LogP contribution in [-0.4, -0.2) is 44.8 Å². The highest BCUT2D eigenvalue weighted by Crippen LogP contribution is 2.32. The quantitative estimate of drug-likeness (QED) is 0.0855. The van der Waals surface area contributed by atoms with Gasteiger partial charge < -0.3 is 20.9 Å². The van der Waals surface area contributed by atoms with Crippen molar-refractivity contribution < 1.29 is 9.59 Å². The number of hydrogen-bond acceptors (Lipinski definition) is 4. The van der Waals surface area contributed by atoms with Gasteiger partial charge in [0.25, 0.3) is 0 Å². The number of nitrogens with zero attached hydrogens (tertiary/aromatic N) is 3. The number of carbonyl (C=O) groups excluding carboxylic acids is 2. The number of fused-ring (bicyclic) bond motifs is 1. The van der Waals surface area contributed by atoms with Crippen LogP contribution in [0.2, 0.25) is 5.02 Å². The predicted molar refractivity (Wildman–Crippen MR) is 191 cm³/mol. The lowest BCUT2D eigenvalue weighted by Crippen LogP contribution is -2.36. The molecule has 0 bridgehead atoms. The number of carbonyl (C=O) groups is 2. The Labute approximate surface area is 281 Å². The van der Waals surface area contributed by atoms with E-state index in [9.17, 15) is 9.59 Å². The molecule has 2 aromatic heterocycles. The molecule has 0 radical (unpaired) electrons. The highest BCUT2D eigenvalue weighted by molar-refractivity contribution is 6.34. The molecule has 0 saturated carbocycles. The number of unbranched alkanes of at least 4 members (excludes halogenated alkanes) is 14. The van der Waals surface area contributed by atoms with Gasteiger partial charge in [-0.3, -0.25) is 4.79 Å². The third kappa shape index (κ3) is 12.6. The van der Waals surface area contributed by atoms with Crippen LogP contribution in [-0.2, 0) is 10.2 Å². The van der Waals surface area contributed by atoms with Crippen molar-refractivity contribution in [3.8, 4) is 11.4 Å². The predicted octanol–water partition coefficient (Wildman–Crippen LogP) is 9.48. The number of amides is 3. The fourth-order valence-corrected chi connectivity index (χ4v) is 6.15. The van der Waals surface area contributed by atoms with E-state index in [1.807, 2.05) is 25.1 Å². The van der Waals surface area contributed by atoms with Gasteiger partial charge in [-0.1, -0.05) is 129 Å². The van der Waals surface area contributed by atoms with Crippen molar-refractivity contribution in [1.82, 2.24) is 30.4 Å². The Hall–Kier alpha value is -3.07. The fourth-order valence-electron chi connectivity index (χ4n) is 5.70. The molecular formula is C36H58ClN7O2. The number of halogens is 1. The summed E-state index contributed by atoms with van der Waals surface area (Å²) in [7, 11) is 0. The van der Waals surface area contributed by atoms with Gasteiger partial charge in [-0.25, -0.2) is 4.79 Å². The number of aromatic amines is 1. The van der Waals surface area contributed by atoms with Crippen LogP contribution in [0.4, 0.5) is 10.5 Å². The fraction of sp³-hybridized carbons (Fsp3) is 0.667. The summed E-state index contributed by atoms with van der Waals surface area (Å²) in [6, 6.07) is 5.30. The minimum absolute atomic E-state index is 0.0457. The van der Waals surface area contributed by atoms with Crippen molar-refractivity contribution >= 4 is 34.9 Å². The number of hydrogen-bond donors (Lipinski definition) is 4. The van der Waals surface area contributed by atoms with E-state index in [4.69, 9.17) is 11.6 Å². The number of aryl methyl sites for hydroxylation is 1. The molecule has 1 aromatic carbocycles. The average Bonchev–Trinajstić information content (AvgIpc) is 3.56. The third-order valence-corrected chi connectivity index (χ3v) is 8.79. The van der Waals surface area contributed by atoms with Crippen LogP contribution in [0, 0.1) is 6.92 Å². The molecule has 10 heteroatoms. The highest BCUT2D eigenvalue weighted by atomic mass is 35.5. The molecule has 2 heterocycles. The summed E-state index contributed by atoms with van der Waals surface area (Å²) in [6.45, 7) is 11.2. The first-order valence-electron chi connectivity index (χ1n) is 17.7. The lowest BCUT2D eigenvalue weighted by atomic mass is 9.92. The van der Waals surface area contributed by atoms with Gasteiger partial charge in [0, 0.05) is 36.2 Å². The molecule has 0 aliphatic carbocycles. The maximum absolute atomic E-state index is 12.4. The molecule has 9 nitrogen and oxygen atoms in total. The summed E-state index contributed by atoms with van der Waals surface area (Å²) in [6.07, 6.45) is 20.2. The summed E-state index contributed by atoms with van der Waals surface area (Å²) in [5, 5.41) is 18.3. The van der Waals surface area contributed by atoms with Crippen molar-refractivity contribution in [2.75, 3.05) is 18.4 Å². The third-order valence-electron chi connectivity index (χ3n) is 8.43. The van der Waals surface area contributed by atoms with E-state index < -0.39 is 0 Å². The first-order valence-corrected chi connectivity index (χ1v) is 18.1. The van der Waals surface area contributed by atoms with Crippen LogP contribution in [0.3, 0.4) is 0 Å². The van der Waals surface area contributed by atoms with Gasteiger partial charge in [-0.15, -0.1) is 9.73 Å². The second-order valence-electron chi connectivity index (χ2n) is 13.7. The van der Waals surface area contributed by atoms with Crippen molar-refractivity contribution in [1.29, 1.82) is 0 Å². The van der Waals surface area contributed by atoms with E-state index in [1.165, 1.54) is 88.1 Å². The maximum atomic E-state index is 12.4. The summed E-state index contributed by atoms with van der Waals surface area (Å²) in [4.78, 5) is 27.8. The Bertz CT molecular complexity index is 1360. The minimum Gasteiger partial charge on any atom is -0.354 e. The van der Waals surface area contributed by atoms with Gasteiger partial charge in [-0.05, 0) is 37.1 Å². The molecule has 0 saturated heterocycles. The van der Waals surface area contributed by atoms with Crippen LogP contribution in [0.15, 0.2) is 18.2 Å². The Balaban J connectivity index is 1.22. The Morgan fingerprint density at radius 2 is 1.39 bits per heavy atom. The zero-order valence-corrected chi connectivity index (χ0v) is 29.8. The first-order chi connectivity index (χ1) is 22.1. The Kier molecular flexibility index (Phi) is 15.9. The summed E-state index contributed by atoms with van der Waals surface area (Å²) < 4.78 is 1.54. The Morgan fingerprint density at radius 3 is 1.93 bits per heavy atom. The zero-order chi connectivity index (χ0) is 33.4. The number of H-pyrrole nitrogens is 1. The van der Waals surface area contributed by atoms with Crippen LogP contribution in [0.5, 0.6) is 0 Å². The molecule has 256 valence electrons. The molecule has 3 aromatic rings. The molecule has 0 aliphatic rings. The molecule has 3 rings (SSSR count). The monoisotopic (exact) mass is 655 g/mol. The van der Waals surface area contributed by atoms with Gasteiger partial charge in [0.15, 0.2) is 11.5 Å². The Morgan fingerprint density at radius 1 is 0.826 bits per heavy atom. The smallest absolute Gasteiger partial charge is 0.319 e.